The molecular weight excluding hydrogens is 334 g/mol. The number of hydrogen-bond donors (Lipinski definition) is 0. The lowest BCUT2D eigenvalue weighted by atomic mass is 9.94. The normalized spacial score (nSPS) is 14.1. The van der Waals surface area contributed by atoms with Gasteiger partial charge in [0.1, 0.15) is 0 Å². The Hall–Kier alpha value is -3.15. The highest BCUT2D eigenvalue weighted by atomic mass is 16.7. The molecule has 3 aromatic rings. The van der Waals surface area contributed by atoms with E-state index in [1.165, 1.54) is 0 Å². The van der Waals surface area contributed by atoms with Crippen LogP contribution in [0.1, 0.15) is 5.56 Å². The summed E-state index contributed by atoms with van der Waals surface area (Å²) >= 11 is 0. The van der Waals surface area contributed by atoms with Crippen molar-refractivity contribution in [2.24, 2.45) is 0 Å². The van der Waals surface area contributed by atoms with Crippen molar-refractivity contribution in [3.63, 3.8) is 0 Å². The summed E-state index contributed by atoms with van der Waals surface area (Å²) in [7, 11) is 3.21. The number of benzene rings is 2. The first-order chi connectivity index (χ1) is 12.7. The van der Waals surface area contributed by atoms with E-state index in [0.29, 0.717) is 34.1 Å². The molecule has 5 rings (SSSR count). The molecule has 132 valence electrons. The standard InChI is InChI=1S/C20H17NO5/c1-23-15-7-11-5-6-21-9-12-3-4-14-20(26-10-25-14)17(12)19(22)18(21)13(11)8-16(15)24-2/h3-4,7-9H,5-6,10H2,1-2H3. The number of rotatable bonds is 2. The second kappa shape index (κ2) is 5.42. The molecule has 6 heteroatoms. The van der Waals surface area contributed by atoms with Gasteiger partial charge >= 0.3 is 0 Å². The smallest absolute Gasteiger partial charge is 0.231 e. The van der Waals surface area contributed by atoms with Crippen LogP contribution in [0.5, 0.6) is 28.7 Å². The van der Waals surface area contributed by atoms with Gasteiger partial charge in [0.25, 0.3) is 0 Å². The number of aryl methyl sites for hydroxylation is 2. The maximum atomic E-state index is 13.4. The Kier molecular flexibility index (Phi) is 3.16. The van der Waals surface area contributed by atoms with Gasteiger partial charge in [-0.3, -0.25) is 0 Å². The van der Waals surface area contributed by atoms with Crippen LogP contribution in [0, 0.1) is 0 Å². The number of fused-ring (bicyclic) bond motifs is 6. The molecule has 0 amide bonds. The fourth-order valence-electron chi connectivity index (χ4n) is 3.85. The minimum Gasteiger partial charge on any atom is -0.867 e. The van der Waals surface area contributed by atoms with Crippen LogP contribution in [-0.4, -0.2) is 21.0 Å². The number of methoxy groups -OCH3 is 2. The fraction of sp³-hybridized carbons (Fsp3) is 0.250. The van der Waals surface area contributed by atoms with Crippen LogP contribution in [-0.2, 0) is 13.0 Å². The number of pyridine rings is 1. The minimum atomic E-state index is -0.0574. The highest BCUT2D eigenvalue weighted by molar-refractivity contribution is 5.98. The van der Waals surface area contributed by atoms with Crippen LogP contribution >= 0.6 is 0 Å². The van der Waals surface area contributed by atoms with Gasteiger partial charge in [0, 0.05) is 17.2 Å². The van der Waals surface area contributed by atoms with E-state index in [1.807, 2.05) is 35.0 Å². The van der Waals surface area contributed by atoms with E-state index in [1.54, 1.807) is 14.2 Å². The molecule has 0 aliphatic carbocycles. The van der Waals surface area contributed by atoms with E-state index in [2.05, 4.69) is 0 Å². The lowest BCUT2D eigenvalue weighted by Gasteiger charge is -2.23. The van der Waals surface area contributed by atoms with E-state index in [9.17, 15) is 5.11 Å². The molecule has 26 heavy (non-hydrogen) atoms. The van der Waals surface area contributed by atoms with Crippen LogP contribution < -0.4 is 28.6 Å². The topological polar surface area (TPSA) is 63.9 Å². The number of aromatic nitrogens is 1. The Labute approximate surface area is 150 Å². The van der Waals surface area contributed by atoms with Crippen LogP contribution in [0.25, 0.3) is 22.0 Å². The molecule has 0 unspecified atom stereocenters. The molecular formula is C20H17NO5. The molecule has 2 aliphatic heterocycles. The summed E-state index contributed by atoms with van der Waals surface area (Å²) in [5, 5.41) is 14.8. The lowest BCUT2D eigenvalue weighted by Crippen LogP contribution is -2.40. The van der Waals surface area contributed by atoms with E-state index < -0.39 is 0 Å². The van der Waals surface area contributed by atoms with E-state index in [-0.39, 0.29) is 12.5 Å². The Bertz CT molecular complexity index is 1060. The Morgan fingerprint density at radius 1 is 1.08 bits per heavy atom. The molecule has 6 nitrogen and oxygen atoms in total. The third-order valence-electron chi connectivity index (χ3n) is 5.08. The quantitative estimate of drug-likeness (QED) is 0.662. The van der Waals surface area contributed by atoms with Gasteiger partial charge < -0.3 is 24.1 Å². The maximum absolute atomic E-state index is 13.4. The molecule has 0 saturated heterocycles. The van der Waals surface area contributed by atoms with Crippen molar-refractivity contribution in [1.82, 2.24) is 0 Å². The molecule has 2 aliphatic rings. The zero-order chi connectivity index (χ0) is 17.8. The Morgan fingerprint density at radius 2 is 1.88 bits per heavy atom. The van der Waals surface area contributed by atoms with Gasteiger partial charge in [-0.25, -0.2) is 0 Å². The van der Waals surface area contributed by atoms with Gasteiger partial charge in [-0.15, -0.1) is 0 Å². The summed E-state index contributed by atoms with van der Waals surface area (Å²) in [6, 6.07) is 7.59. The van der Waals surface area contributed by atoms with Crippen LogP contribution in [0.4, 0.5) is 0 Å². The minimum absolute atomic E-state index is 0.0574. The summed E-state index contributed by atoms with van der Waals surface area (Å²) < 4.78 is 23.9. The van der Waals surface area contributed by atoms with Crippen LogP contribution in [0.2, 0.25) is 0 Å². The van der Waals surface area contributed by atoms with Crippen LogP contribution in [0.15, 0.2) is 30.5 Å². The predicted molar refractivity (Wildman–Crippen MR) is 92.0 cm³/mol. The van der Waals surface area contributed by atoms with Crippen molar-refractivity contribution < 1.29 is 28.6 Å². The van der Waals surface area contributed by atoms with E-state index in [4.69, 9.17) is 18.9 Å². The van der Waals surface area contributed by atoms with Crippen molar-refractivity contribution >= 4 is 10.8 Å². The first kappa shape index (κ1) is 15.1. The first-order valence-electron chi connectivity index (χ1n) is 8.42. The van der Waals surface area contributed by atoms with Crippen molar-refractivity contribution in [2.75, 3.05) is 21.0 Å². The van der Waals surface area contributed by atoms with Gasteiger partial charge in [0.05, 0.1) is 19.8 Å². The van der Waals surface area contributed by atoms with E-state index in [0.717, 1.165) is 29.5 Å². The third kappa shape index (κ3) is 1.95. The predicted octanol–water partition coefficient (Wildman–Crippen LogP) is 2.17. The average molecular weight is 351 g/mol. The maximum Gasteiger partial charge on any atom is 0.231 e. The van der Waals surface area contributed by atoms with Crippen molar-refractivity contribution in [3.8, 4) is 40.0 Å². The van der Waals surface area contributed by atoms with Crippen molar-refractivity contribution in [3.05, 3.63) is 36.0 Å². The zero-order valence-electron chi connectivity index (χ0n) is 14.5. The second-order valence-corrected chi connectivity index (χ2v) is 6.38. The molecule has 0 atom stereocenters. The second-order valence-electron chi connectivity index (χ2n) is 6.38. The molecule has 0 N–H and O–H groups in total. The summed E-state index contributed by atoms with van der Waals surface area (Å²) in [4.78, 5) is 0. The molecule has 0 radical (unpaired) electrons. The van der Waals surface area contributed by atoms with Gasteiger partial charge in [-0.2, -0.15) is 4.57 Å². The molecule has 2 aromatic carbocycles. The third-order valence-corrected chi connectivity index (χ3v) is 5.08. The Morgan fingerprint density at radius 3 is 2.69 bits per heavy atom. The fourth-order valence-corrected chi connectivity index (χ4v) is 3.85. The van der Waals surface area contributed by atoms with Crippen molar-refractivity contribution in [2.45, 2.75) is 13.0 Å². The zero-order valence-corrected chi connectivity index (χ0v) is 14.5. The molecule has 0 saturated carbocycles. The molecule has 0 bridgehead atoms. The summed E-state index contributed by atoms with van der Waals surface area (Å²) in [5.41, 5.74) is 2.59. The van der Waals surface area contributed by atoms with Gasteiger partial charge in [-0.1, -0.05) is 0 Å². The summed E-state index contributed by atoms with van der Waals surface area (Å²) in [6.07, 6.45) is 2.83. The largest absolute Gasteiger partial charge is 0.867 e. The molecule has 0 fully saturated rings. The molecule has 0 spiro atoms. The number of hydrogen-bond acceptors (Lipinski definition) is 5. The highest BCUT2D eigenvalue weighted by Crippen LogP contribution is 2.46. The average Bonchev–Trinajstić information content (AvgIpc) is 3.15. The monoisotopic (exact) mass is 351 g/mol. The first-order valence-corrected chi connectivity index (χ1v) is 8.42. The number of nitrogens with zero attached hydrogens (tertiary/aromatic N) is 1. The SMILES string of the molecule is COc1cc2c(cc1OC)-c1c([O-])c3c4c(ccc3c[n+]1CC2)OCO4. The summed E-state index contributed by atoms with van der Waals surface area (Å²) in [5.74, 6) is 2.37. The van der Waals surface area contributed by atoms with E-state index >= 15 is 0 Å². The lowest BCUT2D eigenvalue weighted by molar-refractivity contribution is -0.688. The van der Waals surface area contributed by atoms with Gasteiger partial charge in [0.2, 0.25) is 12.5 Å². The van der Waals surface area contributed by atoms with Crippen LogP contribution in [0.3, 0.4) is 0 Å². The summed E-state index contributed by atoms with van der Waals surface area (Å²) in [6.45, 7) is 0.872. The van der Waals surface area contributed by atoms with Gasteiger partial charge in [0.15, 0.2) is 35.7 Å². The van der Waals surface area contributed by atoms with Crippen molar-refractivity contribution in [1.29, 1.82) is 0 Å². The number of ether oxygens (including phenoxy) is 4. The molecule has 3 heterocycles. The van der Waals surface area contributed by atoms with Gasteiger partial charge in [-0.05, 0) is 35.6 Å². The highest BCUT2D eigenvalue weighted by Gasteiger charge is 2.29. The Balaban J connectivity index is 1.83. The molecule has 1 aromatic heterocycles.